The van der Waals surface area contributed by atoms with Crippen molar-refractivity contribution in [2.45, 2.75) is 26.7 Å². The van der Waals surface area contributed by atoms with Gasteiger partial charge in [0.05, 0.1) is 36.2 Å². The van der Waals surface area contributed by atoms with Crippen molar-refractivity contribution >= 4 is 29.5 Å². The zero-order valence-corrected chi connectivity index (χ0v) is 15.8. The summed E-state index contributed by atoms with van der Waals surface area (Å²) in [5.74, 6) is -4.41. The van der Waals surface area contributed by atoms with Gasteiger partial charge in [0, 0.05) is 5.69 Å². The first-order valence-electron chi connectivity index (χ1n) is 9.05. The van der Waals surface area contributed by atoms with Gasteiger partial charge in [-0.1, -0.05) is 12.2 Å². The van der Waals surface area contributed by atoms with Crippen molar-refractivity contribution in [3.63, 3.8) is 0 Å². The predicted molar refractivity (Wildman–Crippen MR) is 100.0 cm³/mol. The van der Waals surface area contributed by atoms with E-state index in [1.165, 1.54) is 18.2 Å². The van der Waals surface area contributed by atoms with Gasteiger partial charge in [-0.25, -0.2) is 9.59 Å². The first-order valence-corrected chi connectivity index (χ1v) is 9.05. The fraction of sp³-hybridized carbons (Fsp3) is 0.400. The number of carboxylic acids is 1. The molecule has 8 heteroatoms. The third-order valence-corrected chi connectivity index (χ3v) is 4.31. The van der Waals surface area contributed by atoms with Crippen LogP contribution in [0, 0.1) is 11.8 Å². The zero-order valence-electron chi connectivity index (χ0n) is 15.8. The van der Waals surface area contributed by atoms with E-state index in [9.17, 15) is 24.3 Å². The number of rotatable bonds is 7. The number of amides is 1. The number of hydrogen-bond acceptors (Lipinski definition) is 6. The average Bonchev–Trinajstić information content (AvgIpc) is 2.68. The van der Waals surface area contributed by atoms with E-state index in [2.05, 4.69) is 5.32 Å². The number of carbonyl (C=O) groups is 4. The summed E-state index contributed by atoms with van der Waals surface area (Å²) in [5, 5.41) is 12.0. The van der Waals surface area contributed by atoms with Crippen LogP contribution in [0.15, 0.2) is 30.4 Å². The number of hydrogen-bond donors (Lipinski definition) is 2. The topological polar surface area (TPSA) is 119 Å². The number of esters is 2. The molecule has 1 aliphatic rings. The normalized spacial score (nSPS) is 18.2. The van der Waals surface area contributed by atoms with Crippen LogP contribution in [0.1, 0.15) is 47.4 Å². The quantitative estimate of drug-likeness (QED) is 0.543. The number of carboxylic acid groups (broad SMARTS) is 1. The van der Waals surface area contributed by atoms with Gasteiger partial charge in [0.25, 0.3) is 0 Å². The first kappa shape index (κ1) is 21.1. The van der Waals surface area contributed by atoms with Crippen LogP contribution in [0.3, 0.4) is 0 Å². The minimum Gasteiger partial charge on any atom is -0.481 e. The van der Waals surface area contributed by atoms with Crippen LogP contribution in [0.2, 0.25) is 0 Å². The van der Waals surface area contributed by atoms with Crippen LogP contribution in [0.25, 0.3) is 0 Å². The summed E-state index contributed by atoms with van der Waals surface area (Å²) in [4.78, 5) is 48.2. The fourth-order valence-corrected chi connectivity index (χ4v) is 2.98. The van der Waals surface area contributed by atoms with Crippen LogP contribution in [0.5, 0.6) is 0 Å². The summed E-state index contributed by atoms with van der Waals surface area (Å²) in [6.45, 7) is 3.61. The Labute approximate surface area is 162 Å². The highest BCUT2D eigenvalue weighted by atomic mass is 16.5. The number of allylic oxidation sites excluding steroid dienone is 2. The van der Waals surface area contributed by atoms with Gasteiger partial charge in [-0.05, 0) is 44.9 Å². The number of benzene rings is 1. The van der Waals surface area contributed by atoms with Gasteiger partial charge >= 0.3 is 17.9 Å². The molecule has 1 aliphatic carbocycles. The number of aliphatic carboxylic acids is 1. The maximum Gasteiger partial charge on any atom is 0.338 e. The maximum atomic E-state index is 12.7. The molecule has 0 heterocycles. The summed E-state index contributed by atoms with van der Waals surface area (Å²) < 4.78 is 9.91. The van der Waals surface area contributed by atoms with Crippen molar-refractivity contribution in [2.75, 3.05) is 18.5 Å². The predicted octanol–water partition coefficient (Wildman–Crippen LogP) is 2.65. The second-order valence-electron chi connectivity index (χ2n) is 6.22. The van der Waals surface area contributed by atoms with E-state index in [-0.39, 0.29) is 36.4 Å². The molecule has 0 spiro atoms. The Morgan fingerprint density at radius 3 is 1.89 bits per heavy atom. The largest absolute Gasteiger partial charge is 0.481 e. The number of anilines is 1. The molecule has 0 saturated carbocycles. The van der Waals surface area contributed by atoms with Gasteiger partial charge in [0.2, 0.25) is 5.91 Å². The zero-order chi connectivity index (χ0) is 20.7. The van der Waals surface area contributed by atoms with E-state index in [0.29, 0.717) is 6.42 Å². The minimum absolute atomic E-state index is 0.0843. The van der Waals surface area contributed by atoms with Crippen LogP contribution in [0.4, 0.5) is 5.69 Å². The van der Waals surface area contributed by atoms with E-state index in [4.69, 9.17) is 9.47 Å². The molecule has 8 nitrogen and oxygen atoms in total. The van der Waals surface area contributed by atoms with Gasteiger partial charge in [0.15, 0.2) is 0 Å². The Hall–Kier alpha value is -3.16. The number of carbonyl (C=O) groups excluding carboxylic acids is 3. The minimum atomic E-state index is -1.04. The van der Waals surface area contributed by atoms with Crippen LogP contribution in [-0.4, -0.2) is 42.1 Å². The number of ether oxygens (including phenoxy) is 2. The van der Waals surface area contributed by atoms with E-state index in [1.807, 2.05) is 0 Å². The van der Waals surface area contributed by atoms with E-state index < -0.39 is 35.7 Å². The molecule has 1 aromatic rings. The summed E-state index contributed by atoms with van der Waals surface area (Å²) in [6, 6.07) is 4.09. The van der Waals surface area contributed by atoms with E-state index >= 15 is 0 Å². The summed E-state index contributed by atoms with van der Waals surface area (Å²) >= 11 is 0. The molecule has 0 unspecified atom stereocenters. The molecule has 2 rings (SSSR count). The first-order chi connectivity index (χ1) is 13.4. The van der Waals surface area contributed by atoms with Crippen molar-refractivity contribution < 1.29 is 33.8 Å². The van der Waals surface area contributed by atoms with Gasteiger partial charge in [0.1, 0.15) is 0 Å². The second kappa shape index (κ2) is 9.68. The molecule has 0 aromatic heterocycles. The summed E-state index contributed by atoms with van der Waals surface area (Å²) in [6.07, 6.45) is 4.07. The highest BCUT2D eigenvalue weighted by Crippen LogP contribution is 2.28. The fourth-order valence-electron chi connectivity index (χ4n) is 2.98. The van der Waals surface area contributed by atoms with Gasteiger partial charge in [-0.15, -0.1) is 0 Å². The Kier molecular flexibility index (Phi) is 7.31. The van der Waals surface area contributed by atoms with Gasteiger partial charge in [-0.3, -0.25) is 9.59 Å². The molecule has 1 aromatic carbocycles. The van der Waals surface area contributed by atoms with Gasteiger partial charge in [-0.2, -0.15) is 0 Å². The van der Waals surface area contributed by atoms with Crippen molar-refractivity contribution in [1.82, 2.24) is 0 Å². The molecule has 0 saturated heterocycles. The molecule has 1 amide bonds. The highest BCUT2D eigenvalue weighted by Gasteiger charge is 2.34. The third kappa shape index (κ3) is 5.18. The summed E-state index contributed by atoms with van der Waals surface area (Å²) in [5.41, 5.74) is 0.361. The molecular weight excluding hydrogens is 366 g/mol. The lowest BCUT2D eigenvalue weighted by atomic mass is 9.82. The van der Waals surface area contributed by atoms with Crippen molar-refractivity contribution in [3.05, 3.63) is 41.5 Å². The molecule has 0 radical (unpaired) electrons. The average molecular weight is 389 g/mol. The van der Waals surface area contributed by atoms with Crippen LogP contribution < -0.4 is 5.32 Å². The molecule has 150 valence electrons. The molecular formula is C20H23NO7. The van der Waals surface area contributed by atoms with Crippen molar-refractivity contribution in [1.29, 1.82) is 0 Å². The Bertz CT molecular complexity index is 763. The molecule has 0 aliphatic heterocycles. The third-order valence-electron chi connectivity index (χ3n) is 4.31. The van der Waals surface area contributed by atoms with Crippen LogP contribution in [-0.2, 0) is 19.1 Å². The highest BCUT2D eigenvalue weighted by molar-refractivity contribution is 6.00. The van der Waals surface area contributed by atoms with E-state index in [1.54, 1.807) is 26.0 Å². The molecule has 2 N–H and O–H groups in total. The monoisotopic (exact) mass is 389 g/mol. The van der Waals surface area contributed by atoms with Crippen LogP contribution >= 0.6 is 0 Å². The maximum absolute atomic E-state index is 12.7. The molecule has 2 atom stereocenters. The standard InChI is InChI=1S/C20H23NO7/c1-3-27-19(25)12-9-13(20(26)28-4-2)11-14(10-12)21-17(22)15-7-5-6-8-16(15)18(23)24/h5-6,9-11,15-16H,3-4,7-8H2,1-2H3,(H,21,22)(H,23,24)/t15-,16+/m1/s1. The smallest absolute Gasteiger partial charge is 0.338 e. The molecule has 0 bridgehead atoms. The van der Waals surface area contributed by atoms with Gasteiger partial charge < -0.3 is 19.9 Å². The Balaban J connectivity index is 2.31. The molecule has 28 heavy (non-hydrogen) atoms. The number of nitrogens with one attached hydrogen (secondary N) is 1. The van der Waals surface area contributed by atoms with E-state index in [0.717, 1.165) is 0 Å². The molecule has 0 fully saturated rings. The lowest BCUT2D eigenvalue weighted by Crippen LogP contribution is -2.34. The lowest BCUT2D eigenvalue weighted by Gasteiger charge is -2.24. The SMILES string of the molecule is CCOC(=O)c1cc(NC(=O)[C@@H]2CC=CC[C@@H]2C(=O)O)cc(C(=O)OCC)c1. The Morgan fingerprint density at radius 2 is 1.43 bits per heavy atom. The second-order valence-corrected chi connectivity index (χ2v) is 6.22. The lowest BCUT2D eigenvalue weighted by molar-refractivity contribution is -0.146. The summed E-state index contributed by atoms with van der Waals surface area (Å²) in [7, 11) is 0. The Morgan fingerprint density at radius 1 is 0.929 bits per heavy atom. The van der Waals surface area contributed by atoms with Crippen molar-refractivity contribution in [3.8, 4) is 0 Å². The van der Waals surface area contributed by atoms with Crippen molar-refractivity contribution in [2.24, 2.45) is 11.8 Å².